The number of halogens is 1. The summed E-state index contributed by atoms with van der Waals surface area (Å²) in [4.78, 5) is 19.9. The van der Waals surface area contributed by atoms with Crippen LogP contribution in [0, 0.1) is 18.2 Å². The van der Waals surface area contributed by atoms with Gasteiger partial charge in [-0.1, -0.05) is 34.6 Å². The molecule has 1 aromatic heterocycles. The molecule has 0 spiro atoms. The minimum absolute atomic E-state index is 0.130. The highest BCUT2D eigenvalue weighted by atomic mass is 32.1. The average molecular weight is 392 g/mol. The molecular formula is C21H30FN3OS. The molecule has 1 aliphatic rings. The summed E-state index contributed by atoms with van der Waals surface area (Å²) >= 11 is 1.65. The zero-order valence-corrected chi connectivity index (χ0v) is 18.0. The van der Waals surface area contributed by atoms with E-state index >= 15 is 0 Å². The van der Waals surface area contributed by atoms with Gasteiger partial charge in [-0.15, -0.1) is 11.3 Å². The van der Waals surface area contributed by atoms with Crippen molar-refractivity contribution >= 4 is 28.6 Å². The Balaban J connectivity index is 0.00000126. The Bertz CT molecular complexity index is 772. The summed E-state index contributed by atoms with van der Waals surface area (Å²) in [5.74, 6) is -0.540. The lowest BCUT2D eigenvalue weighted by atomic mass is 9.92. The highest BCUT2D eigenvalue weighted by molar-refractivity contribution is 7.09. The monoisotopic (exact) mass is 391 g/mol. The van der Waals surface area contributed by atoms with E-state index in [1.165, 1.54) is 10.9 Å². The molecule has 1 aromatic carbocycles. The van der Waals surface area contributed by atoms with Crippen molar-refractivity contribution in [2.24, 2.45) is 5.41 Å². The van der Waals surface area contributed by atoms with E-state index in [0.717, 1.165) is 36.5 Å². The van der Waals surface area contributed by atoms with Gasteiger partial charge in [0.05, 0.1) is 23.4 Å². The van der Waals surface area contributed by atoms with Gasteiger partial charge >= 0.3 is 0 Å². The zero-order valence-electron chi connectivity index (χ0n) is 17.1. The molecule has 4 nitrogen and oxygen atoms in total. The summed E-state index contributed by atoms with van der Waals surface area (Å²) in [5.41, 5.74) is 4.77. The van der Waals surface area contributed by atoms with Gasteiger partial charge in [0.2, 0.25) is 5.91 Å². The Morgan fingerprint density at radius 3 is 2.67 bits per heavy atom. The number of hydrogen-bond acceptors (Lipinski definition) is 4. The zero-order chi connectivity index (χ0) is 20.2. The van der Waals surface area contributed by atoms with E-state index in [1.807, 2.05) is 53.1 Å². The van der Waals surface area contributed by atoms with Crippen molar-refractivity contribution in [3.63, 3.8) is 0 Å². The van der Waals surface area contributed by atoms with Crippen LogP contribution in [0.15, 0.2) is 17.6 Å². The molecule has 1 N–H and O–H groups in total. The maximum absolute atomic E-state index is 14.6. The molecule has 0 fully saturated rings. The molecule has 0 atom stereocenters. The molecular weight excluding hydrogens is 361 g/mol. The maximum Gasteiger partial charge on any atom is 0.224 e. The first-order chi connectivity index (χ1) is 12.7. The third-order valence-corrected chi connectivity index (χ3v) is 5.13. The number of aryl methyl sites for hydroxylation is 1. The lowest BCUT2D eigenvalue weighted by molar-refractivity contribution is -0.117. The standard InChI is InChI=1S/C19H24FN3OS.C2H6/c1-12-7-13(23-6-5-15-16(10-23)25-11-21-15)8-14(20)18(12)22-17(24)9-19(2,3)4;1-2/h7-8,11H,5-6,9-10H2,1-4H3,(H,22,24);1-2H3. The van der Waals surface area contributed by atoms with E-state index in [4.69, 9.17) is 0 Å². The van der Waals surface area contributed by atoms with Crippen molar-refractivity contribution in [1.29, 1.82) is 0 Å². The van der Waals surface area contributed by atoms with Crippen molar-refractivity contribution in [3.05, 3.63) is 39.6 Å². The van der Waals surface area contributed by atoms with Crippen LogP contribution >= 0.6 is 11.3 Å². The van der Waals surface area contributed by atoms with Gasteiger partial charge in [-0.2, -0.15) is 0 Å². The van der Waals surface area contributed by atoms with Crippen LogP contribution in [0.3, 0.4) is 0 Å². The Hall–Kier alpha value is -1.95. The van der Waals surface area contributed by atoms with Gasteiger partial charge in [0, 0.05) is 30.0 Å². The SMILES string of the molecule is CC.Cc1cc(N2CCc3ncsc3C2)cc(F)c1NC(=O)CC(C)(C)C. The molecule has 0 radical (unpaired) electrons. The highest BCUT2D eigenvalue weighted by Gasteiger charge is 2.22. The minimum atomic E-state index is -0.382. The molecule has 0 saturated carbocycles. The van der Waals surface area contributed by atoms with E-state index in [1.54, 1.807) is 11.3 Å². The first-order valence-electron chi connectivity index (χ1n) is 9.49. The van der Waals surface area contributed by atoms with Crippen molar-refractivity contribution in [1.82, 2.24) is 4.98 Å². The van der Waals surface area contributed by atoms with Gasteiger partial charge in [-0.05, 0) is 30.0 Å². The number of hydrogen-bond donors (Lipinski definition) is 1. The van der Waals surface area contributed by atoms with Crippen LogP contribution in [0.1, 0.15) is 57.2 Å². The molecule has 1 amide bonds. The van der Waals surface area contributed by atoms with Crippen LogP contribution < -0.4 is 10.2 Å². The third kappa shape index (κ3) is 5.51. The number of aromatic nitrogens is 1. The van der Waals surface area contributed by atoms with Gasteiger partial charge in [-0.3, -0.25) is 4.79 Å². The Morgan fingerprint density at radius 2 is 2.04 bits per heavy atom. The summed E-state index contributed by atoms with van der Waals surface area (Å²) < 4.78 is 14.6. The second kappa shape index (κ2) is 8.83. The summed E-state index contributed by atoms with van der Waals surface area (Å²) in [6, 6.07) is 3.47. The number of carbonyl (C=O) groups excluding carboxylic acids is 1. The first-order valence-corrected chi connectivity index (χ1v) is 10.4. The Morgan fingerprint density at radius 1 is 1.33 bits per heavy atom. The van der Waals surface area contributed by atoms with Gasteiger partial charge in [0.1, 0.15) is 5.82 Å². The average Bonchev–Trinajstić information content (AvgIpc) is 3.06. The number of benzene rings is 1. The number of amides is 1. The van der Waals surface area contributed by atoms with Crippen LogP contribution in [-0.2, 0) is 17.8 Å². The Kier molecular flexibility index (Phi) is 6.98. The summed E-state index contributed by atoms with van der Waals surface area (Å²) in [5, 5.41) is 2.74. The quantitative estimate of drug-likeness (QED) is 0.745. The largest absolute Gasteiger partial charge is 0.366 e. The number of anilines is 2. The number of thiazole rings is 1. The van der Waals surface area contributed by atoms with E-state index in [-0.39, 0.29) is 22.8 Å². The molecule has 3 rings (SSSR count). The highest BCUT2D eigenvalue weighted by Crippen LogP contribution is 2.31. The number of nitrogens with zero attached hydrogens (tertiary/aromatic N) is 2. The van der Waals surface area contributed by atoms with Crippen molar-refractivity contribution in [2.75, 3.05) is 16.8 Å². The van der Waals surface area contributed by atoms with Crippen molar-refractivity contribution in [3.8, 4) is 0 Å². The predicted molar refractivity (Wildman–Crippen MR) is 112 cm³/mol. The molecule has 27 heavy (non-hydrogen) atoms. The topological polar surface area (TPSA) is 45.2 Å². The van der Waals surface area contributed by atoms with Crippen LogP contribution in [-0.4, -0.2) is 17.4 Å². The third-order valence-electron chi connectivity index (χ3n) is 4.27. The van der Waals surface area contributed by atoms with E-state index in [2.05, 4.69) is 15.2 Å². The van der Waals surface area contributed by atoms with Crippen molar-refractivity contribution < 1.29 is 9.18 Å². The second-order valence-electron chi connectivity index (χ2n) is 7.80. The predicted octanol–water partition coefficient (Wildman–Crippen LogP) is 5.55. The normalized spacial score (nSPS) is 13.5. The van der Waals surface area contributed by atoms with E-state index in [0.29, 0.717) is 6.42 Å². The fraction of sp³-hybridized carbons (Fsp3) is 0.524. The molecule has 0 bridgehead atoms. The number of nitrogens with one attached hydrogen (secondary N) is 1. The number of carbonyl (C=O) groups is 1. The number of rotatable bonds is 3. The summed E-state index contributed by atoms with van der Waals surface area (Å²) in [6.45, 7) is 13.4. The fourth-order valence-electron chi connectivity index (χ4n) is 3.07. The van der Waals surface area contributed by atoms with E-state index in [9.17, 15) is 9.18 Å². The summed E-state index contributed by atoms with van der Waals surface area (Å²) in [6.07, 6.45) is 1.23. The smallest absolute Gasteiger partial charge is 0.224 e. The molecule has 2 heterocycles. The molecule has 148 valence electrons. The minimum Gasteiger partial charge on any atom is -0.366 e. The molecule has 1 aliphatic heterocycles. The fourth-order valence-corrected chi connectivity index (χ4v) is 3.90. The molecule has 0 aliphatic carbocycles. The van der Waals surface area contributed by atoms with Crippen LogP contribution in [0.5, 0.6) is 0 Å². The number of fused-ring (bicyclic) bond motifs is 1. The maximum atomic E-state index is 14.6. The van der Waals surface area contributed by atoms with Gasteiger partial charge < -0.3 is 10.2 Å². The molecule has 0 saturated heterocycles. The second-order valence-corrected chi connectivity index (χ2v) is 8.74. The van der Waals surface area contributed by atoms with Gasteiger partial charge in [-0.25, -0.2) is 9.37 Å². The van der Waals surface area contributed by atoms with Crippen LogP contribution in [0.2, 0.25) is 0 Å². The van der Waals surface area contributed by atoms with Crippen LogP contribution in [0.4, 0.5) is 15.8 Å². The van der Waals surface area contributed by atoms with E-state index < -0.39 is 0 Å². The molecule has 6 heteroatoms. The summed E-state index contributed by atoms with van der Waals surface area (Å²) in [7, 11) is 0. The lowest BCUT2D eigenvalue weighted by Crippen LogP contribution is -2.30. The van der Waals surface area contributed by atoms with Gasteiger partial charge in [0.25, 0.3) is 0 Å². The van der Waals surface area contributed by atoms with Crippen molar-refractivity contribution in [2.45, 2.75) is 60.9 Å². The van der Waals surface area contributed by atoms with Crippen LogP contribution in [0.25, 0.3) is 0 Å². The lowest BCUT2D eigenvalue weighted by Gasteiger charge is -2.29. The Labute approximate surface area is 165 Å². The molecule has 2 aromatic rings. The van der Waals surface area contributed by atoms with Gasteiger partial charge in [0.15, 0.2) is 0 Å². The first kappa shape index (κ1) is 21.4. The molecule has 0 unspecified atom stereocenters.